The fourth-order valence-electron chi connectivity index (χ4n) is 10.3. The Morgan fingerprint density at radius 2 is 1.22 bits per heavy atom. The summed E-state index contributed by atoms with van der Waals surface area (Å²) in [5.41, 5.74) is 16.3. The van der Waals surface area contributed by atoms with E-state index >= 15 is 0 Å². The monoisotopic (exact) mass is 1020 g/mol. The number of fused-ring (bicyclic) bond motifs is 7. The number of hydrogen-bond acceptors (Lipinski definition) is 3. The number of nitrogens with zero attached hydrogens (tertiary/aromatic N) is 4. The number of benzene rings is 8. The topological polar surface area (TPSA) is 24.3 Å². The van der Waals surface area contributed by atoms with Gasteiger partial charge in [-0.25, -0.2) is 4.98 Å². The van der Waals surface area contributed by atoms with Crippen molar-refractivity contribution in [1.82, 2.24) is 9.55 Å². The summed E-state index contributed by atoms with van der Waals surface area (Å²) in [5.74, 6) is 0.886. The van der Waals surface area contributed by atoms with Gasteiger partial charge >= 0.3 is 0 Å². The smallest absolute Gasteiger partial charge is 0.135 e. The van der Waals surface area contributed by atoms with E-state index in [1.807, 2.05) is 6.20 Å². The van der Waals surface area contributed by atoms with Gasteiger partial charge in [0.25, 0.3) is 0 Å². The Morgan fingerprint density at radius 1 is 0.569 bits per heavy atom. The molecule has 10 aromatic rings. The van der Waals surface area contributed by atoms with Crippen LogP contribution in [0.25, 0.3) is 49.9 Å². The molecule has 0 atom stereocenters. The Balaban J connectivity index is 0.00000469. The standard InChI is InChI=1S/C60H45N4.Pt/c1-59(2,3)44-32-33-61-58(38-44)64-54-27-15-12-24-50(54)51-31-30-45(37-57(51)64)60(52-25-13-10-22-48(52)49-23-11-14-26-53(49)60)46-34-43(42-20-8-5-9-21-42)35-47(36-46)63-40-62(39-41-18-6-4-7-19-41)55-28-16-17-29-56(55)63;/h4-35,38,40H,39H2,1-3H3;/q-3;. The summed E-state index contributed by atoms with van der Waals surface area (Å²) in [5, 5.41) is 2.31. The number of hydrogen-bond donors (Lipinski definition) is 0. The summed E-state index contributed by atoms with van der Waals surface area (Å²) in [7, 11) is 0. The molecule has 0 bridgehead atoms. The SMILES string of the molecule is CC(C)(C)c1ccnc(-n2c3[c-]c(C4(c5[c-]c(N6[CH-]N(Cc7ccccc7)c7ccccc76)cc(-c6ccccc6)c5)c5ccccc5-c5ccccc54)ccc3c3ccccc32)c1.[Pt]. The zero-order valence-electron chi connectivity index (χ0n) is 36.4. The van der Waals surface area contributed by atoms with Gasteiger partial charge in [-0.3, -0.25) is 0 Å². The van der Waals surface area contributed by atoms with E-state index in [1.165, 1.54) is 38.8 Å². The Hall–Kier alpha value is -7.00. The first-order chi connectivity index (χ1) is 31.4. The average molecular weight is 1020 g/mol. The molecule has 4 nitrogen and oxygen atoms in total. The molecule has 8 aromatic carbocycles. The molecule has 2 aliphatic rings. The van der Waals surface area contributed by atoms with Gasteiger partial charge in [-0.15, -0.1) is 33.8 Å². The Bertz CT molecular complexity index is 3360. The van der Waals surface area contributed by atoms with Crippen LogP contribution in [0.2, 0.25) is 0 Å². The number of pyridine rings is 1. The largest absolute Gasteiger partial charge is 0.498 e. The fourth-order valence-corrected chi connectivity index (χ4v) is 10.3. The van der Waals surface area contributed by atoms with Crippen molar-refractivity contribution in [2.45, 2.75) is 38.1 Å². The molecule has 5 heteroatoms. The zero-order valence-corrected chi connectivity index (χ0v) is 38.7. The molecule has 0 amide bonds. The van der Waals surface area contributed by atoms with Gasteiger partial charge in [0.1, 0.15) is 5.82 Å². The second-order valence-electron chi connectivity index (χ2n) is 18.1. The van der Waals surface area contributed by atoms with Crippen molar-refractivity contribution in [3.8, 4) is 28.1 Å². The molecule has 2 aromatic heterocycles. The van der Waals surface area contributed by atoms with Crippen molar-refractivity contribution in [2.24, 2.45) is 0 Å². The summed E-state index contributed by atoms with van der Waals surface area (Å²) in [6.45, 7) is 9.78. The van der Waals surface area contributed by atoms with Crippen LogP contribution in [-0.4, -0.2) is 9.55 Å². The number of anilines is 3. The van der Waals surface area contributed by atoms with Crippen LogP contribution in [0.15, 0.2) is 200 Å². The molecule has 1 aliphatic carbocycles. The first kappa shape index (κ1) is 40.8. The van der Waals surface area contributed by atoms with Crippen LogP contribution >= 0.6 is 0 Å². The molecular formula is C60H45N4Pt-3. The van der Waals surface area contributed by atoms with Crippen LogP contribution in [0.3, 0.4) is 0 Å². The minimum absolute atomic E-state index is 0. The van der Waals surface area contributed by atoms with E-state index in [0.29, 0.717) is 0 Å². The fraction of sp³-hybridized carbons (Fsp3) is 0.100. The molecular weight excluding hydrogens is 972 g/mol. The second-order valence-corrected chi connectivity index (χ2v) is 18.1. The van der Waals surface area contributed by atoms with Crippen molar-refractivity contribution in [3.63, 3.8) is 0 Å². The van der Waals surface area contributed by atoms with Gasteiger partial charge in [0.05, 0.1) is 0 Å². The minimum atomic E-state index is -0.786. The van der Waals surface area contributed by atoms with Crippen molar-refractivity contribution in [3.05, 3.63) is 253 Å². The molecule has 0 N–H and O–H groups in total. The minimum Gasteiger partial charge on any atom is -0.498 e. The quantitative estimate of drug-likeness (QED) is 0.149. The average Bonchev–Trinajstić information content (AvgIpc) is 3.98. The van der Waals surface area contributed by atoms with Crippen molar-refractivity contribution in [2.75, 3.05) is 9.80 Å². The summed E-state index contributed by atoms with van der Waals surface area (Å²) >= 11 is 0. The molecule has 0 spiro atoms. The van der Waals surface area contributed by atoms with E-state index in [0.717, 1.165) is 68.1 Å². The van der Waals surface area contributed by atoms with Crippen LogP contribution in [0.1, 0.15) is 54.2 Å². The third-order valence-corrected chi connectivity index (χ3v) is 13.3. The van der Waals surface area contributed by atoms with Gasteiger partial charge in [-0.1, -0.05) is 166 Å². The maximum Gasteiger partial charge on any atom is 0.135 e. The van der Waals surface area contributed by atoms with E-state index in [-0.39, 0.29) is 26.5 Å². The van der Waals surface area contributed by atoms with Crippen molar-refractivity contribution < 1.29 is 21.1 Å². The molecule has 12 rings (SSSR count). The molecule has 65 heavy (non-hydrogen) atoms. The Morgan fingerprint density at radius 3 is 1.95 bits per heavy atom. The summed E-state index contributed by atoms with van der Waals surface area (Å²) in [6.07, 6.45) is 1.95. The van der Waals surface area contributed by atoms with Crippen LogP contribution < -0.4 is 9.80 Å². The van der Waals surface area contributed by atoms with Crippen LogP contribution in [0.4, 0.5) is 17.1 Å². The summed E-state index contributed by atoms with van der Waals surface area (Å²) in [6, 6.07) is 78.8. The van der Waals surface area contributed by atoms with Crippen LogP contribution in [-0.2, 0) is 38.4 Å². The number of para-hydroxylation sites is 3. The molecule has 0 fully saturated rings. The van der Waals surface area contributed by atoms with Gasteiger partial charge in [0.2, 0.25) is 0 Å². The number of aromatic nitrogens is 2. The maximum absolute atomic E-state index is 5.05. The van der Waals surface area contributed by atoms with Crippen LogP contribution in [0, 0.1) is 18.8 Å². The molecule has 3 heterocycles. The normalized spacial score (nSPS) is 13.7. The first-order valence-corrected chi connectivity index (χ1v) is 22.2. The first-order valence-electron chi connectivity index (χ1n) is 22.2. The zero-order chi connectivity index (χ0) is 43.0. The molecule has 0 unspecified atom stereocenters. The third-order valence-electron chi connectivity index (χ3n) is 13.3. The van der Waals surface area contributed by atoms with Gasteiger partial charge < -0.3 is 14.4 Å². The van der Waals surface area contributed by atoms with E-state index in [2.05, 4.69) is 248 Å². The van der Waals surface area contributed by atoms with Crippen molar-refractivity contribution >= 4 is 38.9 Å². The van der Waals surface area contributed by atoms with Crippen molar-refractivity contribution in [1.29, 1.82) is 0 Å². The Labute approximate surface area is 395 Å². The Kier molecular flexibility index (Phi) is 9.97. The number of rotatable bonds is 7. The predicted molar refractivity (Wildman–Crippen MR) is 263 cm³/mol. The van der Waals surface area contributed by atoms with Gasteiger partial charge in [-0.05, 0) is 80.1 Å². The molecule has 0 radical (unpaired) electrons. The second kappa shape index (κ2) is 15.9. The summed E-state index contributed by atoms with van der Waals surface area (Å²) < 4.78 is 2.32. The molecule has 318 valence electrons. The van der Waals surface area contributed by atoms with E-state index < -0.39 is 5.41 Å². The van der Waals surface area contributed by atoms with E-state index in [4.69, 9.17) is 4.98 Å². The molecule has 1 aliphatic heterocycles. The van der Waals surface area contributed by atoms with Crippen LogP contribution in [0.5, 0.6) is 0 Å². The molecule has 0 saturated carbocycles. The summed E-state index contributed by atoms with van der Waals surface area (Å²) in [4.78, 5) is 9.73. The molecule has 0 saturated heterocycles. The third kappa shape index (κ3) is 6.57. The van der Waals surface area contributed by atoms with E-state index in [9.17, 15) is 0 Å². The van der Waals surface area contributed by atoms with Gasteiger partial charge in [-0.2, -0.15) is 37.0 Å². The van der Waals surface area contributed by atoms with Gasteiger partial charge in [0.15, 0.2) is 0 Å². The van der Waals surface area contributed by atoms with Gasteiger partial charge in [0, 0.05) is 56.1 Å². The predicted octanol–water partition coefficient (Wildman–Crippen LogP) is 14.4. The maximum atomic E-state index is 5.05. The van der Waals surface area contributed by atoms with E-state index in [1.54, 1.807) is 0 Å².